The summed E-state index contributed by atoms with van der Waals surface area (Å²) in [5.41, 5.74) is 6.91. The first-order valence-corrected chi connectivity index (χ1v) is 6.54. The molecular formula is C13H14BrN3O. The first-order valence-electron chi connectivity index (χ1n) is 5.75. The molecule has 1 amide bonds. The van der Waals surface area contributed by atoms with Gasteiger partial charge >= 0.3 is 0 Å². The number of rotatable bonds is 4. The third-order valence-corrected chi connectivity index (χ3v) is 2.99. The predicted molar refractivity (Wildman–Crippen MR) is 76.4 cm³/mol. The monoisotopic (exact) mass is 307 g/mol. The SMILES string of the molecule is NCCCC(=O)Nc1cccc2cc(Br)cnc12. The van der Waals surface area contributed by atoms with E-state index in [-0.39, 0.29) is 5.91 Å². The maximum atomic E-state index is 11.7. The Morgan fingerprint density at radius 2 is 2.28 bits per heavy atom. The molecule has 0 aliphatic heterocycles. The van der Waals surface area contributed by atoms with E-state index in [4.69, 9.17) is 5.73 Å². The number of anilines is 1. The van der Waals surface area contributed by atoms with Crippen LogP contribution in [0.2, 0.25) is 0 Å². The second-order valence-electron chi connectivity index (χ2n) is 3.97. The lowest BCUT2D eigenvalue weighted by molar-refractivity contribution is -0.116. The van der Waals surface area contributed by atoms with Gasteiger partial charge in [0, 0.05) is 22.5 Å². The van der Waals surface area contributed by atoms with E-state index in [1.54, 1.807) is 6.20 Å². The van der Waals surface area contributed by atoms with E-state index in [9.17, 15) is 4.79 Å². The van der Waals surface area contributed by atoms with Gasteiger partial charge in [0.15, 0.2) is 0 Å². The number of nitrogens with two attached hydrogens (primary N) is 1. The van der Waals surface area contributed by atoms with Crippen molar-refractivity contribution in [3.63, 3.8) is 0 Å². The van der Waals surface area contributed by atoms with Gasteiger partial charge in [-0.05, 0) is 41.0 Å². The van der Waals surface area contributed by atoms with Gasteiger partial charge in [0.2, 0.25) is 5.91 Å². The number of aromatic nitrogens is 1. The summed E-state index contributed by atoms with van der Waals surface area (Å²) in [6.45, 7) is 0.522. The number of halogens is 1. The van der Waals surface area contributed by atoms with E-state index in [0.29, 0.717) is 19.4 Å². The Bertz CT molecular complexity index is 571. The zero-order valence-corrected chi connectivity index (χ0v) is 11.4. The third kappa shape index (κ3) is 3.05. The average Bonchev–Trinajstić information content (AvgIpc) is 2.36. The Morgan fingerprint density at radius 3 is 3.06 bits per heavy atom. The maximum absolute atomic E-state index is 11.7. The van der Waals surface area contributed by atoms with Crippen molar-refractivity contribution in [3.8, 4) is 0 Å². The molecule has 5 heteroatoms. The summed E-state index contributed by atoms with van der Waals surface area (Å²) < 4.78 is 0.918. The molecule has 2 rings (SSSR count). The summed E-state index contributed by atoms with van der Waals surface area (Å²) in [4.78, 5) is 16.0. The van der Waals surface area contributed by atoms with Crippen molar-refractivity contribution in [2.24, 2.45) is 5.73 Å². The number of carbonyl (C=O) groups is 1. The second-order valence-corrected chi connectivity index (χ2v) is 4.89. The number of nitrogens with one attached hydrogen (secondary N) is 1. The summed E-state index contributed by atoms with van der Waals surface area (Å²) in [6, 6.07) is 7.68. The number of nitrogens with zero attached hydrogens (tertiary/aromatic N) is 1. The fourth-order valence-corrected chi connectivity index (χ4v) is 2.06. The molecule has 94 valence electrons. The Labute approximate surface area is 114 Å². The Morgan fingerprint density at radius 1 is 1.44 bits per heavy atom. The average molecular weight is 308 g/mol. The molecule has 0 bridgehead atoms. The number of hydrogen-bond acceptors (Lipinski definition) is 3. The molecule has 3 N–H and O–H groups in total. The van der Waals surface area contributed by atoms with E-state index < -0.39 is 0 Å². The smallest absolute Gasteiger partial charge is 0.224 e. The predicted octanol–water partition coefficient (Wildman–Crippen LogP) is 2.67. The highest BCUT2D eigenvalue weighted by molar-refractivity contribution is 9.10. The molecule has 1 aromatic heterocycles. The number of pyridine rings is 1. The van der Waals surface area contributed by atoms with Crippen molar-refractivity contribution in [2.75, 3.05) is 11.9 Å². The largest absolute Gasteiger partial charge is 0.330 e. The van der Waals surface area contributed by atoms with Crippen LogP contribution in [0.4, 0.5) is 5.69 Å². The molecule has 0 aliphatic carbocycles. The number of fused-ring (bicyclic) bond motifs is 1. The van der Waals surface area contributed by atoms with Gasteiger partial charge in [0.05, 0.1) is 11.2 Å². The van der Waals surface area contributed by atoms with Crippen LogP contribution in [-0.2, 0) is 4.79 Å². The minimum absolute atomic E-state index is 0.0299. The lowest BCUT2D eigenvalue weighted by Gasteiger charge is -2.07. The molecule has 1 heterocycles. The van der Waals surface area contributed by atoms with Crippen molar-refractivity contribution in [3.05, 3.63) is 34.9 Å². The Hall–Kier alpha value is -1.46. The zero-order chi connectivity index (χ0) is 13.0. The number of carbonyl (C=O) groups excluding carboxylic acids is 1. The summed E-state index contributed by atoms with van der Waals surface area (Å²) >= 11 is 3.38. The van der Waals surface area contributed by atoms with Crippen LogP contribution < -0.4 is 11.1 Å². The van der Waals surface area contributed by atoms with Gasteiger partial charge in [-0.2, -0.15) is 0 Å². The molecule has 1 aromatic carbocycles. The first-order chi connectivity index (χ1) is 8.70. The van der Waals surface area contributed by atoms with Crippen LogP contribution in [0.1, 0.15) is 12.8 Å². The van der Waals surface area contributed by atoms with E-state index in [1.807, 2.05) is 24.3 Å². The number of benzene rings is 1. The van der Waals surface area contributed by atoms with Crippen LogP contribution in [0.5, 0.6) is 0 Å². The van der Waals surface area contributed by atoms with Gasteiger partial charge in [-0.25, -0.2) is 0 Å². The molecule has 4 nitrogen and oxygen atoms in total. The molecule has 0 atom stereocenters. The summed E-state index contributed by atoms with van der Waals surface area (Å²) in [6.07, 6.45) is 2.84. The molecule has 0 spiro atoms. The van der Waals surface area contributed by atoms with E-state index in [1.165, 1.54) is 0 Å². The van der Waals surface area contributed by atoms with Gasteiger partial charge < -0.3 is 11.1 Å². The summed E-state index contributed by atoms with van der Waals surface area (Å²) in [5, 5.41) is 3.85. The highest BCUT2D eigenvalue weighted by atomic mass is 79.9. The molecule has 0 fully saturated rings. The highest BCUT2D eigenvalue weighted by Gasteiger charge is 2.06. The molecule has 0 radical (unpaired) electrons. The number of hydrogen-bond donors (Lipinski definition) is 2. The summed E-state index contributed by atoms with van der Waals surface area (Å²) in [7, 11) is 0. The van der Waals surface area contributed by atoms with Crippen molar-refractivity contribution < 1.29 is 4.79 Å². The van der Waals surface area contributed by atoms with Crippen LogP contribution in [0, 0.1) is 0 Å². The highest BCUT2D eigenvalue weighted by Crippen LogP contribution is 2.23. The molecule has 0 saturated carbocycles. The fourth-order valence-electron chi connectivity index (χ4n) is 1.71. The normalized spacial score (nSPS) is 10.6. The number of para-hydroxylation sites is 1. The Kier molecular flexibility index (Phi) is 4.28. The van der Waals surface area contributed by atoms with Crippen molar-refractivity contribution in [1.29, 1.82) is 0 Å². The minimum Gasteiger partial charge on any atom is -0.330 e. The van der Waals surface area contributed by atoms with Crippen LogP contribution in [0.15, 0.2) is 34.9 Å². The van der Waals surface area contributed by atoms with Gasteiger partial charge in [-0.3, -0.25) is 9.78 Å². The third-order valence-electron chi connectivity index (χ3n) is 2.56. The van der Waals surface area contributed by atoms with Gasteiger partial charge in [-0.15, -0.1) is 0 Å². The lowest BCUT2D eigenvalue weighted by atomic mass is 10.2. The standard InChI is InChI=1S/C13H14BrN3O/c14-10-7-9-3-1-4-11(13(9)16-8-10)17-12(18)5-2-6-15/h1,3-4,7-8H,2,5-6,15H2,(H,17,18). The molecular weight excluding hydrogens is 294 g/mol. The second kappa shape index (κ2) is 5.93. The van der Waals surface area contributed by atoms with Crippen LogP contribution in [0.25, 0.3) is 10.9 Å². The minimum atomic E-state index is -0.0299. The maximum Gasteiger partial charge on any atom is 0.224 e. The molecule has 18 heavy (non-hydrogen) atoms. The van der Waals surface area contributed by atoms with Crippen molar-refractivity contribution >= 4 is 38.4 Å². The van der Waals surface area contributed by atoms with Crippen molar-refractivity contribution in [1.82, 2.24) is 4.98 Å². The quantitative estimate of drug-likeness (QED) is 0.912. The molecule has 0 saturated heterocycles. The first kappa shape index (κ1) is 13.0. The van der Waals surface area contributed by atoms with E-state index in [0.717, 1.165) is 21.1 Å². The van der Waals surface area contributed by atoms with E-state index in [2.05, 4.69) is 26.2 Å². The summed E-state index contributed by atoms with van der Waals surface area (Å²) in [5.74, 6) is -0.0299. The van der Waals surface area contributed by atoms with Crippen LogP contribution >= 0.6 is 15.9 Å². The fraction of sp³-hybridized carbons (Fsp3) is 0.231. The Balaban J connectivity index is 2.25. The molecule has 2 aromatic rings. The van der Waals surface area contributed by atoms with E-state index >= 15 is 0 Å². The van der Waals surface area contributed by atoms with Crippen LogP contribution in [-0.4, -0.2) is 17.4 Å². The van der Waals surface area contributed by atoms with Gasteiger partial charge in [0.25, 0.3) is 0 Å². The molecule has 0 aliphatic rings. The topological polar surface area (TPSA) is 68.0 Å². The lowest BCUT2D eigenvalue weighted by Crippen LogP contribution is -2.13. The van der Waals surface area contributed by atoms with Crippen LogP contribution in [0.3, 0.4) is 0 Å². The van der Waals surface area contributed by atoms with Gasteiger partial charge in [0.1, 0.15) is 0 Å². The zero-order valence-electron chi connectivity index (χ0n) is 9.82. The number of amides is 1. The molecule has 0 unspecified atom stereocenters. The van der Waals surface area contributed by atoms with Crippen molar-refractivity contribution in [2.45, 2.75) is 12.8 Å². The van der Waals surface area contributed by atoms with Gasteiger partial charge in [-0.1, -0.05) is 12.1 Å².